The number of hydrogen-bond donors (Lipinski definition) is 0. The van der Waals surface area contributed by atoms with Crippen LogP contribution < -0.4 is 0 Å². The van der Waals surface area contributed by atoms with Crippen LogP contribution in [0.3, 0.4) is 0 Å². The predicted octanol–water partition coefficient (Wildman–Crippen LogP) is 3.03. The van der Waals surface area contributed by atoms with Crippen LogP contribution in [0.25, 0.3) is 0 Å². The number of fused-ring (bicyclic) bond motifs is 1. The fourth-order valence-corrected chi connectivity index (χ4v) is 3.47. The first-order valence-corrected chi connectivity index (χ1v) is 9.00. The second-order valence-corrected chi connectivity index (χ2v) is 6.92. The smallest absolute Gasteiger partial charge is 0.122 e. The Morgan fingerprint density at radius 1 is 1.23 bits per heavy atom. The van der Waals surface area contributed by atoms with Gasteiger partial charge in [0.1, 0.15) is 17.3 Å². The van der Waals surface area contributed by atoms with Gasteiger partial charge in [-0.15, -0.1) is 0 Å². The molecule has 0 bridgehead atoms. The lowest BCUT2D eigenvalue weighted by atomic mass is 10.1. The maximum absolute atomic E-state index is 5.99. The molecule has 0 aliphatic carbocycles. The minimum Gasteiger partial charge on any atom is -0.465 e. The summed E-state index contributed by atoms with van der Waals surface area (Å²) >= 11 is 0. The molecule has 0 N–H and O–H groups in total. The fraction of sp³-hybridized carbons (Fsp3) is 0.400. The Bertz CT molecular complexity index is 827. The van der Waals surface area contributed by atoms with Crippen LogP contribution in [0, 0.1) is 12.8 Å². The van der Waals surface area contributed by atoms with Crippen molar-refractivity contribution in [2.24, 2.45) is 5.92 Å². The molecule has 0 unspecified atom stereocenters. The van der Waals surface area contributed by atoms with Gasteiger partial charge in [0, 0.05) is 43.8 Å². The highest BCUT2D eigenvalue weighted by molar-refractivity contribution is 5.07. The molecule has 1 atom stereocenters. The number of hydrogen-bond acceptors (Lipinski definition) is 5. The fourth-order valence-electron chi connectivity index (χ4n) is 3.47. The van der Waals surface area contributed by atoms with E-state index >= 15 is 0 Å². The van der Waals surface area contributed by atoms with Gasteiger partial charge < -0.3 is 13.7 Å². The number of rotatable bonds is 6. The molecule has 3 aromatic rings. The maximum Gasteiger partial charge on any atom is 0.122 e. The summed E-state index contributed by atoms with van der Waals surface area (Å²) < 4.78 is 14.0. The molecule has 0 saturated carbocycles. The van der Waals surface area contributed by atoms with Gasteiger partial charge >= 0.3 is 0 Å². The monoisotopic (exact) mass is 352 g/mol. The van der Waals surface area contributed by atoms with Crippen molar-refractivity contribution in [3.8, 4) is 0 Å². The Hall–Kier alpha value is -2.44. The van der Waals surface area contributed by atoms with Crippen molar-refractivity contribution >= 4 is 0 Å². The minimum atomic E-state index is 0.401. The van der Waals surface area contributed by atoms with Crippen molar-refractivity contribution in [2.45, 2.75) is 33.2 Å². The van der Waals surface area contributed by atoms with Crippen LogP contribution in [0.4, 0.5) is 0 Å². The van der Waals surface area contributed by atoms with Crippen LogP contribution in [-0.2, 0) is 31.0 Å². The number of furan rings is 1. The largest absolute Gasteiger partial charge is 0.465 e. The molecule has 3 aromatic heterocycles. The Labute approximate surface area is 153 Å². The van der Waals surface area contributed by atoms with Crippen molar-refractivity contribution in [3.63, 3.8) is 0 Å². The van der Waals surface area contributed by atoms with Gasteiger partial charge in [0.2, 0.25) is 0 Å². The first-order chi connectivity index (χ1) is 12.8. The van der Waals surface area contributed by atoms with Gasteiger partial charge in [0.05, 0.1) is 26.3 Å². The van der Waals surface area contributed by atoms with Crippen molar-refractivity contribution < 1.29 is 9.15 Å². The standard InChI is InChI=1S/C20H24N4O2/c1-16-4-5-19(26-16)12-23-10-18(11-24-8-7-22-20(24)13-23)15-25-14-17-3-2-6-21-9-17/h2-9,18H,10-15H2,1H3/t18-/m0/s1. The summed E-state index contributed by atoms with van der Waals surface area (Å²) in [5.41, 5.74) is 1.10. The van der Waals surface area contributed by atoms with Gasteiger partial charge in [-0.05, 0) is 30.7 Å². The molecular weight excluding hydrogens is 328 g/mol. The molecule has 1 aliphatic heterocycles. The van der Waals surface area contributed by atoms with Crippen LogP contribution in [0.1, 0.15) is 22.9 Å². The maximum atomic E-state index is 5.99. The van der Waals surface area contributed by atoms with Gasteiger partial charge in [-0.2, -0.15) is 0 Å². The zero-order chi connectivity index (χ0) is 17.8. The zero-order valence-corrected chi connectivity index (χ0v) is 15.0. The van der Waals surface area contributed by atoms with E-state index in [4.69, 9.17) is 9.15 Å². The van der Waals surface area contributed by atoms with E-state index in [0.717, 1.165) is 49.1 Å². The van der Waals surface area contributed by atoms with Gasteiger partial charge in [-0.3, -0.25) is 9.88 Å². The van der Waals surface area contributed by atoms with E-state index in [0.29, 0.717) is 19.1 Å². The summed E-state index contributed by atoms with van der Waals surface area (Å²) in [6, 6.07) is 8.05. The number of aromatic nitrogens is 3. The normalized spacial score (nSPS) is 17.8. The second kappa shape index (κ2) is 7.85. The molecule has 4 heterocycles. The first-order valence-electron chi connectivity index (χ1n) is 9.00. The van der Waals surface area contributed by atoms with Crippen molar-refractivity contribution in [1.29, 1.82) is 0 Å². The van der Waals surface area contributed by atoms with Crippen molar-refractivity contribution in [2.75, 3.05) is 13.2 Å². The zero-order valence-electron chi connectivity index (χ0n) is 15.0. The van der Waals surface area contributed by atoms with Crippen molar-refractivity contribution in [3.05, 3.63) is 72.0 Å². The van der Waals surface area contributed by atoms with Crippen LogP contribution >= 0.6 is 0 Å². The number of nitrogens with zero attached hydrogens (tertiary/aromatic N) is 4. The molecule has 0 radical (unpaired) electrons. The SMILES string of the molecule is Cc1ccc(CN2Cc3nccn3C[C@@H](COCc3cccnc3)C2)o1. The van der Waals surface area contributed by atoms with E-state index in [1.165, 1.54) is 0 Å². The molecule has 136 valence electrons. The molecule has 0 saturated heterocycles. The highest BCUT2D eigenvalue weighted by Crippen LogP contribution is 2.19. The Balaban J connectivity index is 1.40. The van der Waals surface area contributed by atoms with E-state index in [2.05, 4.69) is 31.7 Å². The molecule has 1 aliphatic rings. The van der Waals surface area contributed by atoms with Crippen LogP contribution in [0.15, 0.2) is 53.5 Å². The summed E-state index contributed by atoms with van der Waals surface area (Å²) in [6.07, 6.45) is 7.57. The van der Waals surface area contributed by atoms with E-state index in [1.54, 1.807) is 6.20 Å². The van der Waals surface area contributed by atoms with E-state index in [-0.39, 0.29) is 0 Å². The highest BCUT2D eigenvalue weighted by atomic mass is 16.5. The van der Waals surface area contributed by atoms with Gasteiger partial charge in [0.15, 0.2) is 0 Å². The van der Waals surface area contributed by atoms with Gasteiger partial charge in [-0.25, -0.2) is 4.98 Å². The van der Waals surface area contributed by atoms with E-state index in [9.17, 15) is 0 Å². The summed E-state index contributed by atoms with van der Waals surface area (Å²) in [6.45, 7) is 6.78. The molecule has 0 spiro atoms. The average molecular weight is 352 g/mol. The van der Waals surface area contributed by atoms with Crippen LogP contribution in [0.2, 0.25) is 0 Å². The summed E-state index contributed by atoms with van der Waals surface area (Å²) in [4.78, 5) is 11.0. The molecule has 4 rings (SSSR count). The molecule has 6 nitrogen and oxygen atoms in total. The molecular formula is C20H24N4O2. The third-order valence-electron chi connectivity index (χ3n) is 4.66. The lowest BCUT2D eigenvalue weighted by Crippen LogP contribution is -2.30. The lowest BCUT2D eigenvalue weighted by molar-refractivity contribution is 0.0652. The molecule has 0 aromatic carbocycles. The second-order valence-electron chi connectivity index (χ2n) is 6.92. The predicted molar refractivity (Wildman–Crippen MR) is 97.2 cm³/mol. The Kier molecular flexibility index (Phi) is 5.13. The van der Waals surface area contributed by atoms with E-state index < -0.39 is 0 Å². The average Bonchev–Trinajstić information content (AvgIpc) is 3.21. The van der Waals surface area contributed by atoms with E-state index in [1.807, 2.05) is 37.5 Å². The van der Waals surface area contributed by atoms with Gasteiger partial charge in [-0.1, -0.05) is 6.07 Å². The first kappa shape index (κ1) is 17.0. The minimum absolute atomic E-state index is 0.401. The van der Waals surface area contributed by atoms with Gasteiger partial charge in [0.25, 0.3) is 0 Å². The number of ether oxygens (including phenoxy) is 1. The summed E-state index contributed by atoms with van der Waals surface area (Å²) in [5.74, 6) is 3.45. The number of aryl methyl sites for hydroxylation is 1. The quantitative estimate of drug-likeness (QED) is 0.682. The topological polar surface area (TPSA) is 56.3 Å². The number of pyridine rings is 1. The van der Waals surface area contributed by atoms with Crippen molar-refractivity contribution in [1.82, 2.24) is 19.4 Å². The van der Waals surface area contributed by atoms with Crippen LogP contribution in [0.5, 0.6) is 0 Å². The number of imidazole rings is 1. The molecule has 6 heteroatoms. The van der Waals surface area contributed by atoms with Crippen LogP contribution in [-0.4, -0.2) is 32.6 Å². The molecule has 0 amide bonds. The third kappa shape index (κ3) is 4.20. The molecule has 0 fully saturated rings. The summed E-state index contributed by atoms with van der Waals surface area (Å²) in [5, 5.41) is 0. The Morgan fingerprint density at radius 2 is 2.19 bits per heavy atom. The summed E-state index contributed by atoms with van der Waals surface area (Å²) in [7, 11) is 0. The highest BCUT2D eigenvalue weighted by Gasteiger charge is 2.23. The lowest BCUT2D eigenvalue weighted by Gasteiger charge is -2.22. The third-order valence-corrected chi connectivity index (χ3v) is 4.66. The Morgan fingerprint density at radius 3 is 3.00 bits per heavy atom. The molecule has 26 heavy (non-hydrogen) atoms.